The van der Waals surface area contributed by atoms with Crippen molar-refractivity contribution < 1.29 is 24.5 Å². The van der Waals surface area contributed by atoms with Crippen LogP contribution in [0.3, 0.4) is 0 Å². The Morgan fingerprint density at radius 2 is 1.44 bits per heavy atom. The summed E-state index contributed by atoms with van der Waals surface area (Å²) < 4.78 is 11.2. The molecule has 4 heterocycles. The Labute approximate surface area is 320 Å². The molecule has 4 nitrogen and oxygen atoms in total. The standard InChI is InChI=1S/C31H17N2OS.C14H16NSi.Ir/c1-5-14-27-20(8-1)22-10-7-11-23(30(22)34-27)31-32-25-12-3-4-13-26(25)33(31)19-16-17-29-24(18-19)21-9-2-6-15-28(21)35-29;1-16(2,3)13-9-10-14(15-11-13)12-7-5-4-6-8-12;/h1-10,12-18H;4-7,9-11H,1-3H3;/q2*-1;. The molecule has 0 aliphatic carbocycles. The van der Waals surface area contributed by atoms with E-state index < -0.39 is 8.07 Å². The predicted octanol–water partition coefficient (Wildman–Crippen LogP) is 11.9. The second-order valence-corrected chi connectivity index (χ2v) is 19.9. The smallest absolute Gasteiger partial charge is 0.120 e. The van der Waals surface area contributed by atoms with Crippen LogP contribution in [-0.2, 0) is 20.1 Å². The van der Waals surface area contributed by atoms with Crippen LogP contribution in [-0.4, -0.2) is 22.6 Å². The van der Waals surface area contributed by atoms with Gasteiger partial charge in [-0.25, -0.2) is 0 Å². The Balaban J connectivity index is 0.000000193. The normalized spacial score (nSPS) is 11.6. The molecule has 0 fully saturated rings. The van der Waals surface area contributed by atoms with E-state index in [1.165, 1.54) is 25.4 Å². The number of fused-ring (bicyclic) bond motifs is 7. The molecule has 0 atom stereocenters. The molecule has 1 radical (unpaired) electrons. The zero-order valence-corrected chi connectivity index (χ0v) is 33.1. The number of benzene rings is 6. The van der Waals surface area contributed by atoms with Crippen LogP contribution in [0.5, 0.6) is 0 Å². The van der Waals surface area contributed by atoms with Gasteiger partial charge in [-0.1, -0.05) is 91.3 Å². The van der Waals surface area contributed by atoms with E-state index in [9.17, 15) is 0 Å². The first-order valence-electron chi connectivity index (χ1n) is 17.1. The monoisotopic (exact) mass is 884 g/mol. The van der Waals surface area contributed by atoms with Crippen LogP contribution in [0.1, 0.15) is 0 Å². The van der Waals surface area contributed by atoms with Gasteiger partial charge in [0.1, 0.15) is 5.58 Å². The Morgan fingerprint density at radius 3 is 2.25 bits per heavy atom. The molecule has 255 valence electrons. The second kappa shape index (κ2) is 13.8. The molecular weight excluding hydrogens is 851 g/mol. The van der Waals surface area contributed by atoms with Gasteiger partial charge in [-0.15, -0.1) is 65.4 Å². The molecule has 0 saturated heterocycles. The Kier molecular flexibility index (Phi) is 8.98. The van der Waals surface area contributed by atoms with Crippen LogP contribution in [0.2, 0.25) is 19.6 Å². The minimum atomic E-state index is -1.23. The van der Waals surface area contributed by atoms with Gasteiger partial charge in [-0.2, -0.15) is 0 Å². The summed E-state index contributed by atoms with van der Waals surface area (Å²) >= 11 is 1.83. The molecule has 0 unspecified atom stereocenters. The molecule has 6 aromatic carbocycles. The summed E-state index contributed by atoms with van der Waals surface area (Å²) in [5, 5.41) is 6.12. The number of nitrogens with zero attached hydrogens (tertiary/aromatic N) is 3. The summed E-state index contributed by atoms with van der Waals surface area (Å²) in [5.41, 5.74) is 7.69. The maximum Gasteiger partial charge on any atom is 0.120 e. The Hall–Kier alpha value is -5.17. The van der Waals surface area contributed by atoms with Gasteiger partial charge in [0.15, 0.2) is 0 Å². The second-order valence-electron chi connectivity index (χ2n) is 13.7. The van der Waals surface area contributed by atoms with Crippen molar-refractivity contribution in [1.29, 1.82) is 0 Å². The Bertz CT molecular complexity index is 2850. The van der Waals surface area contributed by atoms with Gasteiger partial charge in [0, 0.05) is 57.5 Å². The number of hydrogen-bond donors (Lipinski definition) is 0. The number of imidazole rings is 1. The average molecular weight is 884 g/mol. The van der Waals surface area contributed by atoms with Crippen molar-refractivity contribution in [3.05, 3.63) is 158 Å². The van der Waals surface area contributed by atoms with Crippen LogP contribution < -0.4 is 5.19 Å². The summed E-state index contributed by atoms with van der Waals surface area (Å²) in [6.45, 7) is 7.00. The largest absolute Gasteiger partial charge is 0.501 e. The SMILES string of the molecule is C[Si](C)(C)c1ccc(-c2[c-]cccc2)nc1.[Ir].[c-]1ccc2c(oc3ccccc32)c1-c1nc2ccccc2n1-c1ccc2sc3ccccc3c2c1. The van der Waals surface area contributed by atoms with Crippen molar-refractivity contribution in [2.75, 3.05) is 0 Å². The summed E-state index contributed by atoms with van der Waals surface area (Å²) in [6, 6.07) is 54.7. The van der Waals surface area contributed by atoms with E-state index in [1.54, 1.807) is 0 Å². The zero-order chi connectivity index (χ0) is 34.5. The van der Waals surface area contributed by atoms with E-state index in [0.29, 0.717) is 0 Å². The molecule has 10 aromatic rings. The van der Waals surface area contributed by atoms with Crippen LogP contribution in [0.15, 0.2) is 150 Å². The van der Waals surface area contributed by atoms with E-state index in [1.807, 2.05) is 72.1 Å². The number of thiophene rings is 1. The van der Waals surface area contributed by atoms with E-state index in [4.69, 9.17) is 9.40 Å². The minimum absolute atomic E-state index is 0. The molecule has 7 heteroatoms. The molecule has 0 spiro atoms. The van der Waals surface area contributed by atoms with Gasteiger partial charge in [0.2, 0.25) is 0 Å². The number of rotatable bonds is 4. The van der Waals surface area contributed by atoms with Crippen molar-refractivity contribution in [2.24, 2.45) is 0 Å². The first-order chi connectivity index (χ1) is 24.9. The fraction of sp³-hybridized carbons (Fsp3) is 0.0667. The van der Waals surface area contributed by atoms with E-state index in [-0.39, 0.29) is 20.1 Å². The fourth-order valence-corrected chi connectivity index (χ4v) is 8.84. The van der Waals surface area contributed by atoms with Crippen molar-refractivity contribution in [3.63, 3.8) is 0 Å². The number of aromatic nitrogens is 3. The van der Waals surface area contributed by atoms with E-state index >= 15 is 0 Å². The minimum Gasteiger partial charge on any atom is -0.501 e. The van der Waals surface area contributed by atoms with Gasteiger partial charge < -0.3 is 14.0 Å². The van der Waals surface area contributed by atoms with Crippen LogP contribution in [0.4, 0.5) is 0 Å². The number of furan rings is 1. The van der Waals surface area contributed by atoms with Gasteiger partial charge in [-0.05, 0) is 53.3 Å². The van der Waals surface area contributed by atoms with Crippen molar-refractivity contribution in [2.45, 2.75) is 19.6 Å². The molecule has 0 aliphatic rings. The first kappa shape index (κ1) is 33.9. The topological polar surface area (TPSA) is 43.9 Å². The number of pyridine rings is 1. The van der Waals surface area contributed by atoms with Gasteiger partial charge >= 0.3 is 0 Å². The average Bonchev–Trinajstić information content (AvgIpc) is 3.86. The fourth-order valence-electron chi connectivity index (χ4n) is 6.71. The molecule has 10 rings (SSSR count). The summed E-state index contributed by atoms with van der Waals surface area (Å²) in [4.78, 5) is 9.60. The maximum atomic E-state index is 6.36. The van der Waals surface area contributed by atoms with Crippen LogP contribution in [0.25, 0.3) is 81.5 Å². The molecule has 0 bridgehead atoms. The zero-order valence-electron chi connectivity index (χ0n) is 28.8. The van der Waals surface area contributed by atoms with Crippen molar-refractivity contribution in [3.8, 4) is 28.3 Å². The molecule has 4 aromatic heterocycles. The van der Waals surface area contributed by atoms with Crippen molar-refractivity contribution >= 4 is 77.7 Å². The van der Waals surface area contributed by atoms with Gasteiger partial charge in [0.05, 0.1) is 30.5 Å². The molecule has 0 N–H and O–H groups in total. The Morgan fingerprint density at radius 1 is 0.673 bits per heavy atom. The summed E-state index contributed by atoms with van der Waals surface area (Å²) in [5.74, 6) is 0.828. The molecular formula is C45H33IrN3OSSi-2. The summed E-state index contributed by atoms with van der Waals surface area (Å²) in [7, 11) is -1.23. The molecule has 0 amide bonds. The van der Waals surface area contributed by atoms with E-state index in [0.717, 1.165) is 61.3 Å². The van der Waals surface area contributed by atoms with Crippen LogP contribution in [0, 0.1) is 12.1 Å². The van der Waals surface area contributed by atoms with Gasteiger partial charge in [-0.3, -0.25) is 4.98 Å². The molecule has 0 aliphatic heterocycles. The third kappa shape index (κ3) is 6.10. The number of hydrogen-bond acceptors (Lipinski definition) is 4. The molecule has 52 heavy (non-hydrogen) atoms. The quantitative estimate of drug-likeness (QED) is 0.131. The van der Waals surface area contributed by atoms with Gasteiger partial charge in [0.25, 0.3) is 0 Å². The maximum absolute atomic E-state index is 6.36. The third-order valence-corrected chi connectivity index (χ3v) is 12.5. The van der Waals surface area contributed by atoms with Crippen molar-refractivity contribution in [1.82, 2.24) is 14.5 Å². The third-order valence-electron chi connectivity index (χ3n) is 9.36. The molecule has 0 saturated carbocycles. The number of para-hydroxylation sites is 3. The summed E-state index contributed by atoms with van der Waals surface area (Å²) in [6.07, 6.45) is 2.02. The van der Waals surface area contributed by atoms with E-state index in [2.05, 4.69) is 126 Å². The first-order valence-corrected chi connectivity index (χ1v) is 21.4. The predicted molar refractivity (Wildman–Crippen MR) is 217 cm³/mol. The van der Waals surface area contributed by atoms with Crippen LogP contribution >= 0.6 is 11.3 Å².